The Balaban J connectivity index is 2.21. The highest BCUT2D eigenvalue weighted by molar-refractivity contribution is 5.52. The van der Waals surface area contributed by atoms with Crippen LogP contribution in [0.2, 0.25) is 0 Å². The Kier molecular flexibility index (Phi) is 3.46. The maximum absolute atomic E-state index is 13.5. The molecule has 0 aliphatic rings. The standard InChI is InChI=1S/C14H14F2N2/c1-18(11-7-5-10(17)6-8-11)9-12-13(15)3-2-4-14(12)16/h2-8H,9,17H2,1H3. The van der Waals surface area contributed by atoms with Crippen LogP contribution in [0.4, 0.5) is 20.2 Å². The van der Waals surface area contributed by atoms with Gasteiger partial charge in [0.25, 0.3) is 0 Å². The number of hydrogen-bond acceptors (Lipinski definition) is 2. The minimum Gasteiger partial charge on any atom is -0.399 e. The average Bonchev–Trinajstić information content (AvgIpc) is 2.34. The van der Waals surface area contributed by atoms with Crippen molar-refractivity contribution in [1.29, 1.82) is 0 Å². The van der Waals surface area contributed by atoms with Gasteiger partial charge in [0.1, 0.15) is 11.6 Å². The number of hydrogen-bond donors (Lipinski definition) is 1. The van der Waals surface area contributed by atoms with Crippen molar-refractivity contribution in [2.45, 2.75) is 6.54 Å². The lowest BCUT2D eigenvalue weighted by molar-refractivity contribution is 0.554. The van der Waals surface area contributed by atoms with Crippen molar-refractivity contribution >= 4 is 11.4 Å². The summed E-state index contributed by atoms with van der Waals surface area (Å²) in [4.78, 5) is 1.76. The fourth-order valence-corrected chi connectivity index (χ4v) is 1.74. The van der Waals surface area contributed by atoms with Crippen LogP contribution in [0.25, 0.3) is 0 Å². The van der Waals surface area contributed by atoms with E-state index >= 15 is 0 Å². The molecule has 0 radical (unpaired) electrons. The van der Waals surface area contributed by atoms with E-state index < -0.39 is 11.6 Å². The van der Waals surface area contributed by atoms with Gasteiger partial charge in [-0.2, -0.15) is 0 Å². The molecule has 0 saturated carbocycles. The monoisotopic (exact) mass is 248 g/mol. The maximum atomic E-state index is 13.5. The average molecular weight is 248 g/mol. The second kappa shape index (κ2) is 5.04. The molecule has 0 aliphatic heterocycles. The number of nitrogens with zero attached hydrogens (tertiary/aromatic N) is 1. The van der Waals surface area contributed by atoms with E-state index in [1.807, 2.05) is 12.1 Å². The molecule has 0 aromatic heterocycles. The molecule has 0 fully saturated rings. The summed E-state index contributed by atoms with van der Waals surface area (Å²) in [5.41, 5.74) is 7.17. The van der Waals surface area contributed by atoms with Crippen LogP contribution >= 0.6 is 0 Å². The Labute approximate surface area is 105 Å². The van der Waals surface area contributed by atoms with Crippen LogP contribution in [0.5, 0.6) is 0 Å². The van der Waals surface area contributed by atoms with E-state index in [0.717, 1.165) is 5.69 Å². The molecule has 0 atom stereocenters. The molecule has 0 unspecified atom stereocenters. The van der Waals surface area contributed by atoms with E-state index in [0.29, 0.717) is 5.69 Å². The zero-order valence-electron chi connectivity index (χ0n) is 10.0. The Bertz CT molecular complexity index is 518. The first-order valence-corrected chi connectivity index (χ1v) is 5.57. The molecule has 2 rings (SSSR count). The molecule has 0 spiro atoms. The molecule has 0 saturated heterocycles. The molecule has 0 amide bonds. The summed E-state index contributed by atoms with van der Waals surface area (Å²) in [5, 5.41) is 0. The normalized spacial score (nSPS) is 10.4. The third-order valence-electron chi connectivity index (χ3n) is 2.79. The van der Waals surface area contributed by atoms with Crippen LogP contribution in [-0.4, -0.2) is 7.05 Å². The van der Waals surface area contributed by atoms with Gasteiger partial charge in [-0.3, -0.25) is 0 Å². The zero-order valence-corrected chi connectivity index (χ0v) is 10.0. The first-order valence-electron chi connectivity index (χ1n) is 5.57. The molecule has 2 nitrogen and oxygen atoms in total. The van der Waals surface area contributed by atoms with Gasteiger partial charge in [0.2, 0.25) is 0 Å². The fourth-order valence-electron chi connectivity index (χ4n) is 1.74. The SMILES string of the molecule is CN(Cc1c(F)cccc1F)c1ccc(N)cc1. The Morgan fingerprint density at radius 2 is 1.56 bits per heavy atom. The molecule has 0 bridgehead atoms. The van der Waals surface area contributed by atoms with E-state index in [-0.39, 0.29) is 12.1 Å². The second-order valence-electron chi connectivity index (χ2n) is 4.15. The van der Waals surface area contributed by atoms with Gasteiger partial charge in [0, 0.05) is 30.5 Å². The van der Waals surface area contributed by atoms with Crippen molar-refractivity contribution in [2.75, 3.05) is 17.7 Å². The number of benzene rings is 2. The summed E-state index contributed by atoms with van der Waals surface area (Å²) in [7, 11) is 1.78. The smallest absolute Gasteiger partial charge is 0.131 e. The van der Waals surface area contributed by atoms with E-state index in [1.165, 1.54) is 18.2 Å². The predicted molar refractivity (Wildman–Crippen MR) is 69.3 cm³/mol. The van der Waals surface area contributed by atoms with Crippen LogP contribution in [0.15, 0.2) is 42.5 Å². The number of anilines is 2. The Hall–Kier alpha value is -2.10. The third-order valence-corrected chi connectivity index (χ3v) is 2.79. The topological polar surface area (TPSA) is 29.3 Å². The first kappa shape index (κ1) is 12.4. The largest absolute Gasteiger partial charge is 0.399 e. The highest BCUT2D eigenvalue weighted by Crippen LogP contribution is 2.20. The zero-order chi connectivity index (χ0) is 13.1. The fraction of sp³-hybridized carbons (Fsp3) is 0.143. The molecule has 18 heavy (non-hydrogen) atoms. The van der Waals surface area contributed by atoms with Crippen molar-refractivity contribution in [3.63, 3.8) is 0 Å². The molecule has 2 aromatic rings. The Morgan fingerprint density at radius 3 is 2.11 bits per heavy atom. The second-order valence-corrected chi connectivity index (χ2v) is 4.15. The first-order chi connectivity index (χ1) is 8.58. The lowest BCUT2D eigenvalue weighted by Crippen LogP contribution is -2.18. The van der Waals surface area contributed by atoms with E-state index in [9.17, 15) is 8.78 Å². The molecular formula is C14H14F2N2. The molecule has 4 heteroatoms. The summed E-state index contributed by atoms with van der Waals surface area (Å²) in [5.74, 6) is -1.06. The molecular weight excluding hydrogens is 234 g/mol. The van der Waals surface area contributed by atoms with Gasteiger partial charge in [-0.25, -0.2) is 8.78 Å². The lowest BCUT2D eigenvalue weighted by atomic mass is 10.1. The molecule has 0 heterocycles. The van der Waals surface area contributed by atoms with Crippen molar-refractivity contribution < 1.29 is 8.78 Å². The molecule has 2 aromatic carbocycles. The van der Waals surface area contributed by atoms with E-state index in [4.69, 9.17) is 5.73 Å². The minimum absolute atomic E-state index is 0.0665. The predicted octanol–water partition coefficient (Wildman–Crippen LogP) is 3.18. The number of halogens is 2. The van der Waals surface area contributed by atoms with Gasteiger partial charge < -0.3 is 10.6 Å². The summed E-state index contributed by atoms with van der Waals surface area (Å²) in [6, 6.07) is 11.0. The van der Waals surface area contributed by atoms with Crippen LogP contribution in [0.1, 0.15) is 5.56 Å². The minimum atomic E-state index is -0.530. The van der Waals surface area contributed by atoms with Crippen molar-refractivity contribution in [3.05, 3.63) is 59.7 Å². The summed E-state index contributed by atoms with van der Waals surface area (Å²) in [6.07, 6.45) is 0. The van der Waals surface area contributed by atoms with Gasteiger partial charge >= 0.3 is 0 Å². The summed E-state index contributed by atoms with van der Waals surface area (Å²) >= 11 is 0. The third kappa shape index (κ3) is 2.59. The number of nitrogens with two attached hydrogens (primary N) is 1. The van der Waals surface area contributed by atoms with Gasteiger partial charge in [-0.05, 0) is 36.4 Å². The van der Waals surface area contributed by atoms with Gasteiger partial charge in [-0.15, -0.1) is 0 Å². The van der Waals surface area contributed by atoms with Gasteiger partial charge in [0.05, 0.1) is 0 Å². The summed E-state index contributed by atoms with van der Waals surface area (Å²) < 4.78 is 27.0. The Morgan fingerprint density at radius 1 is 1.00 bits per heavy atom. The van der Waals surface area contributed by atoms with Crippen LogP contribution < -0.4 is 10.6 Å². The van der Waals surface area contributed by atoms with Crippen LogP contribution in [0, 0.1) is 11.6 Å². The van der Waals surface area contributed by atoms with Crippen LogP contribution in [-0.2, 0) is 6.54 Å². The van der Waals surface area contributed by atoms with E-state index in [2.05, 4.69) is 0 Å². The van der Waals surface area contributed by atoms with Crippen molar-refractivity contribution in [1.82, 2.24) is 0 Å². The van der Waals surface area contributed by atoms with Crippen LogP contribution in [0.3, 0.4) is 0 Å². The lowest BCUT2D eigenvalue weighted by Gasteiger charge is -2.20. The number of nitrogen functional groups attached to an aromatic ring is 1. The maximum Gasteiger partial charge on any atom is 0.131 e. The highest BCUT2D eigenvalue weighted by Gasteiger charge is 2.11. The number of rotatable bonds is 3. The quantitative estimate of drug-likeness (QED) is 0.845. The molecule has 0 aliphatic carbocycles. The van der Waals surface area contributed by atoms with Gasteiger partial charge in [0.15, 0.2) is 0 Å². The van der Waals surface area contributed by atoms with Crippen molar-refractivity contribution in [2.24, 2.45) is 0 Å². The molecule has 2 N–H and O–H groups in total. The summed E-state index contributed by atoms with van der Waals surface area (Å²) in [6.45, 7) is 0.169. The molecule has 94 valence electrons. The van der Waals surface area contributed by atoms with Gasteiger partial charge in [-0.1, -0.05) is 6.07 Å². The van der Waals surface area contributed by atoms with E-state index in [1.54, 1.807) is 24.1 Å². The highest BCUT2D eigenvalue weighted by atomic mass is 19.1. The van der Waals surface area contributed by atoms with Crippen molar-refractivity contribution in [3.8, 4) is 0 Å².